The molecule has 0 aliphatic heterocycles. The zero-order valence-electron chi connectivity index (χ0n) is 10.6. The molecule has 21 heavy (non-hydrogen) atoms. The van der Waals surface area contributed by atoms with E-state index in [4.69, 9.17) is 4.74 Å². The molecule has 2 aromatic carbocycles. The summed E-state index contributed by atoms with van der Waals surface area (Å²) < 4.78 is 58.8. The molecule has 0 aliphatic carbocycles. The van der Waals surface area contributed by atoms with Crippen molar-refractivity contribution in [1.82, 2.24) is 0 Å². The Morgan fingerprint density at radius 3 is 2.29 bits per heavy atom. The van der Waals surface area contributed by atoms with E-state index in [-0.39, 0.29) is 19.2 Å². The van der Waals surface area contributed by atoms with Gasteiger partial charge in [-0.1, -0.05) is 22.0 Å². The molecule has 0 aromatic heterocycles. The number of rotatable bonds is 5. The van der Waals surface area contributed by atoms with Crippen molar-refractivity contribution in [3.63, 3.8) is 0 Å². The number of benzene rings is 2. The Bertz CT molecular complexity index is 625. The summed E-state index contributed by atoms with van der Waals surface area (Å²) in [5.41, 5.74) is -0.842. The van der Waals surface area contributed by atoms with Gasteiger partial charge in [-0.05, 0) is 18.2 Å². The molecule has 2 aromatic rings. The highest BCUT2D eigenvalue weighted by Gasteiger charge is 2.18. The number of halogens is 5. The molecule has 0 bridgehead atoms. The maximum atomic E-state index is 13.4. The Morgan fingerprint density at radius 2 is 1.67 bits per heavy atom. The van der Waals surface area contributed by atoms with Gasteiger partial charge < -0.3 is 10.1 Å². The summed E-state index contributed by atoms with van der Waals surface area (Å²) in [4.78, 5) is 0. The Morgan fingerprint density at radius 1 is 1.00 bits per heavy atom. The van der Waals surface area contributed by atoms with Crippen LogP contribution in [0.3, 0.4) is 0 Å². The Labute approximate surface area is 126 Å². The van der Waals surface area contributed by atoms with Crippen LogP contribution < -0.4 is 10.1 Å². The van der Waals surface area contributed by atoms with Crippen molar-refractivity contribution in [2.24, 2.45) is 0 Å². The topological polar surface area (TPSA) is 21.3 Å². The van der Waals surface area contributed by atoms with Gasteiger partial charge in [0.1, 0.15) is 18.0 Å². The molecule has 112 valence electrons. The molecule has 0 amide bonds. The van der Waals surface area contributed by atoms with Crippen molar-refractivity contribution in [2.45, 2.75) is 0 Å². The van der Waals surface area contributed by atoms with Crippen LogP contribution in [0.4, 0.5) is 23.2 Å². The summed E-state index contributed by atoms with van der Waals surface area (Å²) in [6.07, 6.45) is 0. The van der Waals surface area contributed by atoms with Crippen LogP contribution in [0.15, 0.2) is 34.8 Å². The molecule has 0 atom stereocenters. The van der Waals surface area contributed by atoms with Gasteiger partial charge in [0.2, 0.25) is 0 Å². The predicted octanol–water partition coefficient (Wildman–Crippen LogP) is 4.50. The molecule has 0 saturated heterocycles. The average molecular weight is 364 g/mol. The third kappa shape index (κ3) is 3.87. The fourth-order valence-corrected chi connectivity index (χ4v) is 2.01. The maximum absolute atomic E-state index is 13.4. The minimum absolute atomic E-state index is 0.0246. The molecule has 0 saturated carbocycles. The third-order valence-corrected chi connectivity index (χ3v) is 3.07. The summed E-state index contributed by atoms with van der Waals surface area (Å²) >= 11 is 3.26. The molecule has 2 nitrogen and oxygen atoms in total. The van der Waals surface area contributed by atoms with Crippen LogP contribution in [-0.4, -0.2) is 13.2 Å². The molecule has 0 heterocycles. The highest BCUT2D eigenvalue weighted by molar-refractivity contribution is 9.10. The van der Waals surface area contributed by atoms with E-state index in [1.807, 2.05) is 6.07 Å². The molecular weight excluding hydrogens is 354 g/mol. The van der Waals surface area contributed by atoms with Crippen molar-refractivity contribution in [1.29, 1.82) is 0 Å². The van der Waals surface area contributed by atoms with Gasteiger partial charge in [0, 0.05) is 17.1 Å². The lowest BCUT2D eigenvalue weighted by Gasteiger charge is -2.11. The number of hydrogen-bond donors (Lipinski definition) is 1. The van der Waals surface area contributed by atoms with Crippen LogP contribution in [0.25, 0.3) is 0 Å². The summed E-state index contributed by atoms with van der Waals surface area (Å²) in [5, 5.41) is 2.28. The van der Waals surface area contributed by atoms with Crippen LogP contribution in [0.2, 0.25) is 0 Å². The molecule has 0 unspecified atom stereocenters. The second-order valence-corrected chi connectivity index (χ2v) is 4.99. The second-order valence-electron chi connectivity index (χ2n) is 4.08. The normalized spacial score (nSPS) is 10.5. The van der Waals surface area contributed by atoms with Crippen molar-refractivity contribution in [2.75, 3.05) is 18.5 Å². The van der Waals surface area contributed by atoms with E-state index < -0.39 is 29.0 Å². The zero-order chi connectivity index (χ0) is 15.4. The SMILES string of the molecule is Fc1cc(F)c(F)c(NCCOc2cccc(Br)c2)c1F. The summed E-state index contributed by atoms with van der Waals surface area (Å²) in [5.74, 6) is -5.28. The van der Waals surface area contributed by atoms with Gasteiger partial charge >= 0.3 is 0 Å². The Kier molecular flexibility index (Phi) is 5.06. The highest BCUT2D eigenvalue weighted by Crippen LogP contribution is 2.24. The highest BCUT2D eigenvalue weighted by atomic mass is 79.9. The van der Waals surface area contributed by atoms with Crippen molar-refractivity contribution >= 4 is 21.6 Å². The first-order chi connectivity index (χ1) is 9.99. The predicted molar refractivity (Wildman–Crippen MR) is 74.4 cm³/mol. The quantitative estimate of drug-likeness (QED) is 0.479. The average Bonchev–Trinajstić information content (AvgIpc) is 2.44. The lowest BCUT2D eigenvalue weighted by Crippen LogP contribution is -2.14. The van der Waals surface area contributed by atoms with E-state index in [0.717, 1.165) is 4.47 Å². The van der Waals surface area contributed by atoms with E-state index in [2.05, 4.69) is 21.2 Å². The van der Waals surface area contributed by atoms with Gasteiger partial charge in [-0.15, -0.1) is 0 Å². The van der Waals surface area contributed by atoms with E-state index >= 15 is 0 Å². The summed E-state index contributed by atoms with van der Waals surface area (Å²) in [6.45, 7) is 0.0384. The lowest BCUT2D eigenvalue weighted by molar-refractivity contribution is 0.332. The number of anilines is 1. The minimum atomic E-state index is -1.46. The number of hydrogen-bond acceptors (Lipinski definition) is 2. The maximum Gasteiger partial charge on any atom is 0.185 e. The molecule has 2 rings (SSSR count). The Balaban J connectivity index is 1.95. The van der Waals surface area contributed by atoms with Crippen LogP contribution in [0.5, 0.6) is 5.75 Å². The monoisotopic (exact) mass is 363 g/mol. The van der Waals surface area contributed by atoms with Crippen LogP contribution >= 0.6 is 15.9 Å². The van der Waals surface area contributed by atoms with Crippen LogP contribution in [0.1, 0.15) is 0 Å². The minimum Gasteiger partial charge on any atom is -0.492 e. The molecule has 0 radical (unpaired) electrons. The van der Waals surface area contributed by atoms with Crippen LogP contribution in [-0.2, 0) is 0 Å². The zero-order valence-corrected chi connectivity index (χ0v) is 12.2. The first kappa shape index (κ1) is 15.6. The standard InChI is InChI=1S/C14H10BrF4NO/c15-8-2-1-3-9(6-8)21-5-4-20-14-12(18)10(16)7-11(17)13(14)19/h1-3,6-7,20H,4-5H2. The largest absolute Gasteiger partial charge is 0.492 e. The van der Waals surface area contributed by atoms with Gasteiger partial charge in [-0.3, -0.25) is 0 Å². The molecule has 7 heteroatoms. The fraction of sp³-hybridized carbons (Fsp3) is 0.143. The fourth-order valence-electron chi connectivity index (χ4n) is 1.63. The van der Waals surface area contributed by atoms with Gasteiger partial charge in [-0.25, -0.2) is 17.6 Å². The lowest BCUT2D eigenvalue weighted by atomic mass is 10.2. The molecule has 0 aliphatic rings. The second kappa shape index (κ2) is 6.80. The summed E-state index contributed by atoms with van der Waals surface area (Å²) in [7, 11) is 0. The summed E-state index contributed by atoms with van der Waals surface area (Å²) in [6, 6.07) is 7.14. The van der Waals surface area contributed by atoms with Gasteiger partial charge in [-0.2, -0.15) is 0 Å². The van der Waals surface area contributed by atoms with E-state index in [9.17, 15) is 17.6 Å². The van der Waals surface area contributed by atoms with E-state index in [1.165, 1.54) is 0 Å². The molecule has 0 fully saturated rings. The van der Waals surface area contributed by atoms with E-state index in [0.29, 0.717) is 5.75 Å². The van der Waals surface area contributed by atoms with Crippen molar-refractivity contribution in [3.05, 3.63) is 58.1 Å². The van der Waals surface area contributed by atoms with Gasteiger partial charge in [0.05, 0.1) is 0 Å². The number of ether oxygens (including phenoxy) is 1. The smallest absolute Gasteiger partial charge is 0.185 e. The number of nitrogens with one attached hydrogen (secondary N) is 1. The van der Waals surface area contributed by atoms with Crippen molar-refractivity contribution in [3.8, 4) is 5.75 Å². The Hall–Kier alpha value is -1.76. The van der Waals surface area contributed by atoms with E-state index in [1.54, 1.807) is 18.2 Å². The molecule has 1 N–H and O–H groups in total. The third-order valence-electron chi connectivity index (χ3n) is 2.58. The first-order valence-electron chi connectivity index (χ1n) is 5.94. The van der Waals surface area contributed by atoms with Crippen LogP contribution in [0, 0.1) is 23.3 Å². The molecule has 0 spiro atoms. The van der Waals surface area contributed by atoms with Gasteiger partial charge in [0.25, 0.3) is 0 Å². The first-order valence-corrected chi connectivity index (χ1v) is 6.73. The van der Waals surface area contributed by atoms with Gasteiger partial charge in [0.15, 0.2) is 23.3 Å². The molecular formula is C14H10BrF4NO. The van der Waals surface area contributed by atoms with Crippen molar-refractivity contribution < 1.29 is 22.3 Å².